The Labute approximate surface area is 129 Å². The zero-order valence-electron chi connectivity index (χ0n) is 12.5. The molecule has 0 spiro atoms. The fraction of sp³-hybridized carbons (Fsp3) is 0.615. The number of hydrogen-bond donors (Lipinski definition) is 2. The minimum Gasteiger partial charge on any atom is -0.396 e. The van der Waals surface area contributed by atoms with Crippen LogP contribution < -0.4 is 11.1 Å². The Bertz CT molecular complexity index is 615. The first-order valence-corrected chi connectivity index (χ1v) is 9.36. The Kier molecular flexibility index (Phi) is 6.45. The fourth-order valence-electron chi connectivity index (χ4n) is 1.74. The highest BCUT2D eigenvalue weighted by atomic mass is 32.2. The third-order valence-corrected chi connectivity index (χ3v) is 5.04. The molecule has 0 aliphatic rings. The minimum atomic E-state index is -3.46. The second-order valence-corrected chi connectivity index (χ2v) is 7.91. The predicted molar refractivity (Wildman–Crippen MR) is 85.4 cm³/mol. The van der Waals surface area contributed by atoms with Gasteiger partial charge in [-0.2, -0.15) is 5.26 Å². The van der Waals surface area contributed by atoms with Crippen LogP contribution in [0.3, 0.4) is 0 Å². The highest BCUT2D eigenvalue weighted by Crippen LogP contribution is 2.38. The Morgan fingerprint density at radius 3 is 2.62 bits per heavy atom. The first-order valence-electron chi connectivity index (χ1n) is 6.65. The maximum atomic E-state index is 11.8. The average Bonchev–Trinajstić information content (AvgIpc) is 2.69. The van der Waals surface area contributed by atoms with Crippen LogP contribution in [0, 0.1) is 11.3 Å². The van der Waals surface area contributed by atoms with Crippen molar-refractivity contribution >= 4 is 31.9 Å². The maximum Gasteiger partial charge on any atom is 0.180 e. The number of nitrogen functional groups attached to an aromatic ring is 1. The van der Waals surface area contributed by atoms with Crippen molar-refractivity contribution < 1.29 is 13.2 Å². The van der Waals surface area contributed by atoms with Gasteiger partial charge in [-0.3, -0.25) is 0 Å². The van der Waals surface area contributed by atoms with Gasteiger partial charge in [0.1, 0.15) is 20.8 Å². The van der Waals surface area contributed by atoms with E-state index in [-0.39, 0.29) is 21.6 Å². The van der Waals surface area contributed by atoms with E-state index in [0.29, 0.717) is 18.2 Å². The van der Waals surface area contributed by atoms with Crippen LogP contribution in [0.4, 0.5) is 10.7 Å². The molecule has 21 heavy (non-hydrogen) atoms. The number of anilines is 2. The van der Waals surface area contributed by atoms with E-state index in [2.05, 4.69) is 5.32 Å². The van der Waals surface area contributed by atoms with E-state index in [1.165, 1.54) is 0 Å². The van der Waals surface area contributed by atoms with Gasteiger partial charge < -0.3 is 15.8 Å². The molecule has 0 atom stereocenters. The number of nitrogens with one attached hydrogen (secondary N) is 1. The van der Waals surface area contributed by atoms with Crippen molar-refractivity contribution in [3.63, 3.8) is 0 Å². The van der Waals surface area contributed by atoms with Crippen LogP contribution in [-0.2, 0) is 14.6 Å². The second-order valence-electron chi connectivity index (χ2n) is 4.94. The van der Waals surface area contributed by atoms with E-state index in [4.69, 9.17) is 15.7 Å². The van der Waals surface area contributed by atoms with E-state index in [0.717, 1.165) is 30.4 Å². The molecule has 1 heterocycles. The number of nitriles is 1. The number of nitrogens with two attached hydrogens (primary N) is 1. The number of sulfone groups is 1. The van der Waals surface area contributed by atoms with Gasteiger partial charge in [-0.15, -0.1) is 11.3 Å². The molecule has 0 aliphatic heterocycles. The van der Waals surface area contributed by atoms with Crippen molar-refractivity contribution in [1.82, 2.24) is 0 Å². The summed E-state index contributed by atoms with van der Waals surface area (Å²) in [7, 11) is -3.46. The average molecular weight is 331 g/mol. The lowest BCUT2D eigenvalue weighted by atomic mass is 10.3. The Hall–Kier alpha value is -1.30. The van der Waals surface area contributed by atoms with Crippen molar-refractivity contribution in [1.29, 1.82) is 5.26 Å². The highest BCUT2D eigenvalue weighted by molar-refractivity contribution is 7.91. The van der Waals surface area contributed by atoms with Crippen molar-refractivity contribution in [3.05, 3.63) is 4.88 Å². The minimum absolute atomic E-state index is 0.0301. The first-order chi connectivity index (χ1) is 9.77. The molecule has 0 radical (unpaired) electrons. The Morgan fingerprint density at radius 1 is 1.43 bits per heavy atom. The van der Waals surface area contributed by atoms with Gasteiger partial charge in [0.05, 0.1) is 11.8 Å². The van der Waals surface area contributed by atoms with E-state index >= 15 is 0 Å². The molecule has 0 fully saturated rings. The standard InChI is InChI=1S/C13H21N3O3S2/c1-9(2)19-7-5-4-6-16-13-12(21(3,17)18)11(15)10(8-14)20-13/h9,16H,4-7,15H2,1-3H3. The lowest BCUT2D eigenvalue weighted by Crippen LogP contribution is -2.08. The third-order valence-electron chi connectivity index (χ3n) is 2.68. The molecule has 1 aromatic rings. The summed E-state index contributed by atoms with van der Waals surface area (Å²) in [4.78, 5) is 0.253. The number of nitrogens with zero attached hydrogens (tertiary/aromatic N) is 1. The zero-order chi connectivity index (χ0) is 16.0. The van der Waals surface area contributed by atoms with Crippen LogP contribution >= 0.6 is 11.3 Å². The molecule has 6 nitrogen and oxygen atoms in total. The molecule has 3 N–H and O–H groups in total. The van der Waals surface area contributed by atoms with Crippen LogP contribution in [0.5, 0.6) is 0 Å². The zero-order valence-corrected chi connectivity index (χ0v) is 14.1. The molecule has 0 saturated carbocycles. The summed E-state index contributed by atoms with van der Waals surface area (Å²) in [5, 5.41) is 12.5. The number of ether oxygens (including phenoxy) is 1. The summed E-state index contributed by atoms with van der Waals surface area (Å²) >= 11 is 1.07. The number of hydrogen-bond acceptors (Lipinski definition) is 7. The summed E-state index contributed by atoms with van der Waals surface area (Å²) in [5.41, 5.74) is 5.77. The Balaban J connectivity index is 2.66. The monoisotopic (exact) mass is 331 g/mol. The van der Waals surface area contributed by atoms with Gasteiger partial charge in [0.25, 0.3) is 0 Å². The molecule has 8 heteroatoms. The van der Waals surface area contributed by atoms with Gasteiger partial charge in [0.15, 0.2) is 9.84 Å². The number of unbranched alkanes of at least 4 members (excludes halogenated alkanes) is 1. The summed E-state index contributed by atoms with van der Waals surface area (Å²) in [6.07, 6.45) is 3.03. The smallest absolute Gasteiger partial charge is 0.180 e. The quantitative estimate of drug-likeness (QED) is 0.708. The summed E-state index contributed by atoms with van der Waals surface area (Å²) in [6, 6.07) is 1.92. The van der Waals surface area contributed by atoms with Crippen molar-refractivity contribution in [2.45, 2.75) is 37.7 Å². The van der Waals surface area contributed by atoms with E-state index in [9.17, 15) is 8.42 Å². The molecule has 0 bridgehead atoms. The van der Waals surface area contributed by atoms with Crippen molar-refractivity contribution in [2.24, 2.45) is 0 Å². The first kappa shape index (κ1) is 17.8. The van der Waals surface area contributed by atoms with E-state index in [1.807, 2.05) is 19.9 Å². The van der Waals surface area contributed by atoms with Crippen LogP contribution in [-0.4, -0.2) is 33.9 Å². The third kappa shape index (κ3) is 5.19. The van der Waals surface area contributed by atoms with Gasteiger partial charge in [0.2, 0.25) is 0 Å². The molecule has 0 unspecified atom stereocenters. The SMILES string of the molecule is CC(C)OCCCCNc1sc(C#N)c(N)c1S(C)(=O)=O. The van der Waals surface area contributed by atoms with Crippen LogP contribution in [0.15, 0.2) is 4.90 Å². The predicted octanol–water partition coefficient (Wildman–Crippen LogP) is 2.22. The normalized spacial score (nSPS) is 11.6. The van der Waals surface area contributed by atoms with Gasteiger partial charge in [-0.05, 0) is 26.7 Å². The lowest BCUT2D eigenvalue weighted by Gasteiger charge is -2.08. The molecule has 0 aliphatic carbocycles. The maximum absolute atomic E-state index is 11.8. The largest absolute Gasteiger partial charge is 0.396 e. The van der Waals surface area contributed by atoms with Crippen LogP contribution in [0.1, 0.15) is 31.6 Å². The topological polar surface area (TPSA) is 105 Å². The molecule has 1 aromatic heterocycles. The van der Waals surface area contributed by atoms with E-state index in [1.54, 1.807) is 0 Å². The molecule has 0 saturated heterocycles. The molecular formula is C13H21N3O3S2. The molecule has 1 rings (SSSR count). The van der Waals surface area contributed by atoms with Crippen molar-refractivity contribution in [3.8, 4) is 6.07 Å². The number of rotatable bonds is 8. The van der Waals surface area contributed by atoms with Crippen LogP contribution in [0.2, 0.25) is 0 Å². The summed E-state index contributed by atoms with van der Waals surface area (Å²) < 4.78 is 29.0. The van der Waals surface area contributed by atoms with Gasteiger partial charge in [-0.25, -0.2) is 8.42 Å². The van der Waals surface area contributed by atoms with Gasteiger partial charge in [0, 0.05) is 19.4 Å². The fourth-order valence-corrected chi connectivity index (χ4v) is 4.14. The molecule has 0 amide bonds. The van der Waals surface area contributed by atoms with E-state index < -0.39 is 9.84 Å². The van der Waals surface area contributed by atoms with Gasteiger partial charge in [-0.1, -0.05) is 0 Å². The lowest BCUT2D eigenvalue weighted by molar-refractivity contribution is 0.0765. The highest BCUT2D eigenvalue weighted by Gasteiger charge is 2.23. The molecular weight excluding hydrogens is 310 g/mol. The molecule has 118 valence electrons. The Morgan fingerprint density at radius 2 is 2.10 bits per heavy atom. The van der Waals surface area contributed by atoms with Gasteiger partial charge >= 0.3 is 0 Å². The summed E-state index contributed by atoms with van der Waals surface area (Å²) in [6.45, 7) is 5.24. The second kappa shape index (κ2) is 7.64. The van der Waals surface area contributed by atoms with Crippen LogP contribution in [0.25, 0.3) is 0 Å². The van der Waals surface area contributed by atoms with Crippen molar-refractivity contribution in [2.75, 3.05) is 30.5 Å². The molecule has 0 aromatic carbocycles. The summed E-state index contributed by atoms with van der Waals surface area (Å²) in [5.74, 6) is 0. The number of thiophene rings is 1.